The Morgan fingerprint density at radius 3 is 0.962 bits per heavy atom. The number of rotatable bonds is 10. The van der Waals surface area contributed by atoms with Crippen molar-refractivity contribution < 1.29 is 0 Å². The first-order valence-electron chi connectivity index (χ1n) is 27.5. The fraction of sp³-hybridized carbons (Fsp3) is 0.0933. The van der Waals surface area contributed by atoms with Gasteiger partial charge in [0.15, 0.2) is 0 Å². The van der Waals surface area contributed by atoms with E-state index in [1.54, 1.807) is 0 Å². The average molecular weight is 1050 g/mol. The summed E-state index contributed by atoms with van der Waals surface area (Å²) in [5, 5.41) is 0. The lowest BCUT2D eigenvalue weighted by atomic mass is 9.82. The third-order valence-corrected chi connectivity index (χ3v) is 19.5. The van der Waals surface area contributed by atoms with Gasteiger partial charge in [0.25, 0.3) is 0 Å². The van der Waals surface area contributed by atoms with Crippen molar-refractivity contribution in [1.29, 1.82) is 0 Å². The van der Waals surface area contributed by atoms with E-state index in [4.69, 9.17) is 0 Å². The normalized spacial score (nSPS) is 13.7. The highest BCUT2D eigenvalue weighted by Crippen LogP contribution is 2.54. The summed E-state index contributed by atoms with van der Waals surface area (Å²) in [6, 6.07) is 95.3. The van der Waals surface area contributed by atoms with Gasteiger partial charge in [-0.1, -0.05) is 185 Å². The Balaban J connectivity index is 0.797. The summed E-state index contributed by atoms with van der Waals surface area (Å²) >= 11 is 3.69. The molecule has 0 amide bonds. The van der Waals surface area contributed by atoms with Crippen LogP contribution in [0.2, 0.25) is 0 Å². The highest BCUT2D eigenvalue weighted by atomic mass is 32.1. The standard InChI is InChI=1S/C75H56N2S2/c1-74(2)66-21-13-11-19-62(66)64-37-33-58(46-68(64)74)76(54-27-23-50(24-28-54)72-41-39-70(78-72)48-15-7-5-8-16-48)56-31-35-60-52(44-56)43-53-45-57(32-36-61(53)60)77(59-34-38-65-63-20-12-14-22-67(63)75(3,4)69(65)47-59)55-29-25-51(26-30-55)73-42-40-71(79-73)49-17-9-6-10-18-49/h5-42,44-47H,43H2,1-4H3. The number of nitrogens with zero attached hydrogens (tertiary/aromatic N) is 2. The topological polar surface area (TPSA) is 6.48 Å². The zero-order chi connectivity index (χ0) is 53.0. The maximum absolute atomic E-state index is 2.47. The highest BCUT2D eigenvalue weighted by Gasteiger charge is 2.37. The van der Waals surface area contributed by atoms with E-state index < -0.39 is 0 Å². The van der Waals surface area contributed by atoms with E-state index in [0.717, 1.165) is 40.5 Å². The first-order valence-corrected chi connectivity index (χ1v) is 29.1. The molecular weight excluding hydrogens is 993 g/mol. The van der Waals surface area contributed by atoms with Crippen LogP contribution in [-0.4, -0.2) is 0 Å². The molecule has 0 saturated heterocycles. The molecule has 15 rings (SSSR count). The summed E-state index contributed by atoms with van der Waals surface area (Å²) in [6.45, 7) is 9.50. The lowest BCUT2D eigenvalue weighted by Gasteiger charge is -2.28. The van der Waals surface area contributed by atoms with E-state index in [9.17, 15) is 0 Å². The largest absolute Gasteiger partial charge is 0.310 e. The van der Waals surface area contributed by atoms with E-state index in [-0.39, 0.29) is 10.8 Å². The van der Waals surface area contributed by atoms with Crippen molar-refractivity contribution in [2.45, 2.75) is 44.9 Å². The predicted octanol–water partition coefficient (Wildman–Crippen LogP) is 21.6. The van der Waals surface area contributed by atoms with Crippen molar-refractivity contribution in [3.63, 3.8) is 0 Å². The number of fused-ring (bicyclic) bond motifs is 9. The molecule has 3 aliphatic carbocycles. The van der Waals surface area contributed by atoms with Crippen LogP contribution in [0, 0.1) is 0 Å². The summed E-state index contributed by atoms with van der Waals surface area (Å²) in [7, 11) is 0. The van der Waals surface area contributed by atoms with Crippen molar-refractivity contribution >= 4 is 56.8 Å². The van der Waals surface area contributed by atoms with Gasteiger partial charge in [0.2, 0.25) is 0 Å². The summed E-state index contributed by atoms with van der Waals surface area (Å²) in [4.78, 5) is 10.0. The number of anilines is 6. The number of benzene rings is 10. The van der Waals surface area contributed by atoms with Crippen molar-refractivity contribution in [1.82, 2.24) is 0 Å². The predicted molar refractivity (Wildman–Crippen MR) is 337 cm³/mol. The molecule has 378 valence electrons. The van der Waals surface area contributed by atoms with Gasteiger partial charge in [-0.15, -0.1) is 22.7 Å². The molecule has 0 aliphatic heterocycles. The van der Waals surface area contributed by atoms with Crippen LogP contribution in [-0.2, 0) is 17.3 Å². The molecule has 0 atom stereocenters. The van der Waals surface area contributed by atoms with Gasteiger partial charge in [-0.25, -0.2) is 0 Å². The zero-order valence-electron chi connectivity index (χ0n) is 44.7. The van der Waals surface area contributed by atoms with Gasteiger partial charge < -0.3 is 9.80 Å². The monoisotopic (exact) mass is 1050 g/mol. The Hall–Kier alpha value is -8.80. The molecule has 0 spiro atoms. The third kappa shape index (κ3) is 7.88. The molecule has 0 fully saturated rings. The molecule has 2 nitrogen and oxygen atoms in total. The number of hydrogen-bond acceptors (Lipinski definition) is 4. The SMILES string of the molecule is CC1(C)c2ccccc2-c2ccc(N(c3ccc(-c4ccc(-c5ccccc5)s4)cc3)c3ccc4c(c3)Cc3cc(N(c5ccc(-c6ccc(-c7ccccc7)s6)cc5)c5ccc6c(c5)C(C)(C)c5ccccc5-6)ccc3-4)cc21. The van der Waals surface area contributed by atoms with Crippen LogP contribution in [0.4, 0.5) is 34.1 Å². The minimum Gasteiger partial charge on any atom is -0.310 e. The van der Waals surface area contributed by atoms with Gasteiger partial charge in [-0.2, -0.15) is 0 Å². The molecule has 0 bridgehead atoms. The zero-order valence-corrected chi connectivity index (χ0v) is 46.3. The summed E-state index contributed by atoms with van der Waals surface area (Å²) in [5.41, 5.74) is 27.7. The maximum Gasteiger partial charge on any atom is 0.0465 e. The fourth-order valence-electron chi connectivity index (χ4n) is 13.1. The highest BCUT2D eigenvalue weighted by molar-refractivity contribution is 7.19. The summed E-state index contributed by atoms with van der Waals surface area (Å²) in [5.74, 6) is 0. The number of hydrogen-bond donors (Lipinski definition) is 0. The Kier molecular flexibility index (Phi) is 11.1. The van der Waals surface area contributed by atoms with Crippen LogP contribution < -0.4 is 9.80 Å². The quantitative estimate of drug-likeness (QED) is 0.135. The molecule has 2 heterocycles. The van der Waals surface area contributed by atoms with Crippen LogP contribution in [0.5, 0.6) is 0 Å². The Labute approximate surface area is 471 Å². The van der Waals surface area contributed by atoms with Gasteiger partial charge in [0, 0.05) is 64.5 Å². The van der Waals surface area contributed by atoms with E-state index in [0.29, 0.717) is 0 Å². The van der Waals surface area contributed by atoms with Gasteiger partial charge in [-0.3, -0.25) is 0 Å². The van der Waals surface area contributed by atoms with E-state index in [1.165, 1.54) is 109 Å². The first-order chi connectivity index (χ1) is 38.6. The molecule has 0 N–H and O–H groups in total. The molecule has 0 saturated carbocycles. The molecular formula is C75H56N2S2. The molecule has 10 aromatic carbocycles. The van der Waals surface area contributed by atoms with E-state index in [2.05, 4.69) is 292 Å². The van der Waals surface area contributed by atoms with Crippen LogP contribution in [0.25, 0.3) is 75.1 Å². The molecule has 79 heavy (non-hydrogen) atoms. The Morgan fingerprint density at radius 1 is 0.266 bits per heavy atom. The Bertz CT molecular complexity index is 4050. The van der Waals surface area contributed by atoms with Gasteiger partial charge in [-0.05, 0) is 192 Å². The third-order valence-electron chi connectivity index (χ3n) is 17.2. The molecule has 0 radical (unpaired) electrons. The van der Waals surface area contributed by atoms with E-state index >= 15 is 0 Å². The first kappa shape index (κ1) is 47.4. The fourth-order valence-corrected chi connectivity index (χ4v) is 15.1. The average Bonchev–Trinajstić information content (AvgIpc) is 4.52. The molecule has 12 aromatic rings. The van der Waals surface area contributed by atoms with Crippen molar-refractivity contribution in [3.05, 3.63) is 288 Å². The Morgan fingerprint density at radius 2 is 0.570 bits per heavy atom. The second-order valence-corrected chi connectivity index (χ2v) is 24.7. The lowest BCUT2D eigenvalue weighted by Crippen LogP contribution is -2.16. The molecule has 4 heteroatoms. The number of thiophene rings is 2. The van der Waals surface area contributed by atoms with Gasteiger partial charge in [0.05, 0.1) is 0 Å². The van der Waals surface area contributed by atoms with Crippen LogP contribution in [0.15, 0.2) is 255 Å². The van der Waals surface area contributed by atoms with Crippen molar-refractivity contribution in [3.8, 4) is 75.1 Å². The molecule has 2 aromatic heterocycles. The van der Waals surface area contributed by atoms with Crippen LogP contribution >= 0.6 is 22.7 Å². The smallest absolute Gasteiger partial charge is 0.0465 e. The molecule has 0 unspecified atom stereocenters. The van der Waals surface area contributed by atoms with Crippen LogP contribution in [0.3, 0.4) is 0 Å². The van der Waals surface area contributed by atoms with E-state index in [1.807, 2.05) is 22.7 Å². The second-order valence-electron chi connectivity index (χ2n) is 22.5. The van der Waals surface area contributed by atoms with Crippen LogP contribution in [0.1, 0.15) is 61.1 Å². The maximum atomic E-state index is 2.47. The minimum atomic E-state index is -0.127. The summed E-state index contributed by atoms with van der Waals surface area (Å²) < 4.78 is 0. The van der Waals surface area contributed by atoms with Crippen molar-refractivity contribution in [2.75, 3.05) is 9.80 Å². The summed E-state index contributed by atoms with van der Waals surface area (Å²) in [6.07, 6.45) is 0.842. The van der Waals surface area contributed by atoms with Gasteiger partial charge in [0.1, 0.15) is 0 Å². The second kappa shape index (κ2) is 18.4. The van der Waals surface area contributed by atoms with Crippen molar-refractivity contribution in [2.24, 2.45) is 0 Å². The minimum absolute atomic E-state index is 0.127. The van der Waals surface area contributed by atoms with Gasteiger partial charge >= 0.3 is 0 Å². The lowest BCUT2D eigenvalue weighted by molar-refractivity contribution is 0.660. The molecule has 3 aliphatic rings.